The van der Waals surface area contributed by atoms with Gasteiger partial charge in [0.2, 0.25) is 0 Å². The number of thioether (sulfide) groups is 1. The van der Waals surface area contributed by atoms with E-state index in [2.05, 4.69) is 36.9 Å². The lowest BCUT2D eigenvalue weighted by Crippen LogP contribution is -2.00. The number of nitrogens with zero attached hydrogens (tertiary/aromatic N) is 1. The summed E-state index contributed by atoms with van der Waals surface area (Å²) < 4.78 is 7.65. The normalized spacial score (nSPS) is 14.0. The van der Waals surface area contributed by atoms with Gasteiger partial charge in [-0.1, -0.05) is 29.3 Å². The standard InChI is InChI=1S/C16H11Br2Cl2NOS/c17-11-6-9(16-21-4-5-23-16)7-12(18)15(11)22-8-10-13(19)2-1-3-14(10)20/h1-3,6-7H,4-5,8H2. The van der Waals surface area contributed by atoms with Crippen molar-refractivity contribution in [3.63, 3.8) is 0 Å². The minimum Gasteiger partial charge on any atom is -0.486 e. The van der Waals surface area contributed by atoms with Gasteiger partial charge >= 0.3 is 0 Å². The summed E-state index contributed by atoms with van der Waals surface area (Å²) in [5.41, 5.74) is 1.85. The molecule has 0 fully saturated rings. The van der Waals surface area contributed by atoms with Crippen molar-refractivity contribution < 1.29 is 4.74 Å². The molecule has 2 aromatic carbocycles. The molecule has 2 nitrogen and oxygen atoms in total. The van der Waals surface area contributed by atoms with Crippen molar-refractivity contribution in [3.8, 4) is 5.75 Å². The van der Waals surface area contributed by atoms with Crippen molar-refractivity contribution >= 4 is 71.9 Å². The Hall–Kier alpha value is -0.200. The zero-order valence-corrected chi connectivity index (χ0v) is 17.3. The summed E-state index contributed by atoms with van der Waals surface area (Å²) in [7, 11) is 0. The molecule has 0 N–H and O–H groups in total. The van der Waals surface area contributed by atoms with Gasteiger partial charge in [-0.15, -0.1) is 11.8 Å². The Bertz CT molecular complexity index is 739. The predicted molar refractivity (Wildman–Crippen MR) is 106 cm³/mol. The van der Waals surface area contributed by atoms with Gasteiger partial charge in [-0.3, -0.25) is 4.99 Å². The van der Waals surface area contributed by atoms with Gasteiger partial charge in [-0.05, 0) is 56.1 Å². The first-order valence-electron chi connectivity index (χ1n) is 6.78. The summed E-state index contributed by atoms with van der Waals surface area (Å²) in [5.74, 6) is 1.75. The second-order valence-electron chi connectivity index (χ2n) is 4.79. The number of aliphatic imine (C=N–C) groups is 1. The minimum atomic E-state index is 0.296. The second-order valence-corrected chi connectivity index (χ2v) is 8.40. The maximum Gasteiger partial charge on any atom is 0.148 e. The van der Waals surface area contributed by atoms with Gasteiger partial charge in [0.1, 0.15) is 12.4 Å². The van der Waals surface area contributed by atoms with Crippen LogP contribution in [-0.4, -0.2) is 17.3 Å². The van der Waals surface area contributed by atoms with Crippen LogP contribution in [0.3, 0.4) is 0 Å². The van der Waals surface area contributed by atoms with E-state index < -0.39 is 0 Å². The number of rotatable bonds is 4. The Balaban J connectivity index is 1.83. The number of ether oxygens (including phenoxy) is 1. The Morgan fingerprint density at radius 1 is 1.13 bits per heavy atom. The number of hydrogen-bond donors (Lipinski definition) is 0. The summed E-state index contributed by atoms with van der Waals surface area (Å²) in [4.78, 5) is 4.50. The van der Waals surface area contributed by atoms with Crippen LogP contribution in [0.25, 0.3) is 0 Å². The molecule has 0 aliphatic carbocycles. The Labute approximate surface area is 165 Å². The van der Waals surface area contributed by atoms with E-state index in [1.807, 2.05) is 18.2 Å². The lowest BCUT2D eigenvalue weighted by molar-refractivity contribution is 0.302. The predicted octanol–water partition coefficient (Wildman–Crippen LogP) is 6.59. The fourth-order valence-corrected chi connectivity index (χ4v) is 4.91. The highest BCUT2D eigenvalue weighted by molar-refractivity contribution is 9.11. The zero-order valence-electron chi connectivity index (χ0n) is 11.8. The first-order chi connectivity index (χ1) is 11.1. The van der Waals surface area contributed by atoms with E-state index in [1.165, 1.54) is 0 Å². The lowest BCUT2D eigenvalue weighted by Gasteiger charge is -2.14. The third-order valence-electron chi connectivity index (χ3n) is 3.25. The molecule has 23 heavy (non-hydrogen) atoms. The fraction of sp³-hybridized carbons (Fsp3) is 0.188. The van der Waals surface area contributed by atoms with Crippen LogP contribution < -0.4 is 4.74 Å². The third kappa shape index (κ3) is 4.07. The molecule has 0 radical (unpaired) electrons. The molecule has 2 aromatic rings. The largest absolute Gasteiger partial charge is 0.486 e. The zero-order chi connectivity index (χ0) is 16.4. The van der Waals surface area contributed by atoms with Crippen molar-refractivity contribution in [3.05, 3.63) is 60.4 Å². The van der Waals surface area contributed by atoms with Crippen molar-refractivity contribution in [1.29, 1.82) is 0 Å². The van der Waals surface area contributed by atoms with Crippen molar-refractivity contribution in [2.45, 2.75) is 6.61 Å². The molecule has 1 aliphatic heterocycles. The Morgan fingerprint density at radius 2 is 1.78 bits per heavy atom. The van der Waals surface area contributed by atoms with Crippen molar-refractivity contribution in [1.82, 2.24) is 0 Å². The van der Waals surface area contributed by atoms with Crippen LogP contribution in [0.5, 0.6) is 5.75 Å². The molecule has 0 saturated carbocycles. The lowest BCUT2D eigenvalue weighted by atomic mass is 10.2. The molecule has 0 atom stereocenters. The van der Waals surface area contributed by atoms with E-state index in [9.17, 15) is 0 Å². The maximum absolute atomic E-state index is 6.18. The molecular weight excluding hydrogens is 485 g/mol. The monoisotopic (exact) mass is 493 g/mol. The highest BCUT2D eigenvalue weighted by atomic mass is 79.9. The van der Waals surface area contributed by atoms with Crippen LogP contribution >= 0.6 is 66.8 Å². The average molecular weight is 496 g/mol. The molecule has 0 unspecified atom stereocenters. The van der Waals surface area contributed by atoms with E-state index in [0.29, 0.717) is 22.4 Å². The SMILES string of the molecule is Clc1cccc(Cl)c1COc1c(Br)cc(C2=NCCS2)cc1Br. The van der Waals surface area contributed by atoms with Crippen LogP contribution in [0.2, 0.25) is 10.0 Å². The van der Waals surface area contributed by atoms with E-state index in [1.54, 1.807) is 23.9 Å². The van der Waals surface area contributed by atoms with E-state index in [-0.39, 0.29) is 0 Å². The quantitative estimate of drug-likeness (QED) is 0.477. The van der Waals surface area contributed by atoms with Gasteiger partial charge in [0.05, 0.1) is 14.0 Å². The van der Waals surface area contributed by atoms with E-state index in [4.69, 9.17) is 27.9 Å². The second kappa shape index (κ2) is 7.79. The third-order valence-corrected chi connectivity index (χ3v) is 6.16. The molecule has 3 rings (SSSR count). The molecule has 1 heterocycles. The maximum atomic E-state index is 6.18. The van der Waals surface area contributed by atoms with Gasteiger partial charge < -0.3 is 4.74 Å². The van der Waals surface area contributed by atoms with Gasteiger partial charge in [0, 0.05) is 33.5 Å². The summed E-state index contributed by atoms with van der Waals surface area (Å²) in [6.07, 6.45) is 0. The first-order valence-corrected chi connectivity index (χ1v) is 10.1. The van der Waals surface area contributed by atoms with E-state index in [0.717, 1.165) is 37.4 Å². The molecule has 0 bridgehead atoms. The van der Waals surface area contributed by atoms with Gasteiger partial charge in [0.15, 0.2) is 0 Å². The van der Waals surface area contributed by atoms with Gasteiger partial charge in [-0.25, -0.2) is 0 Å². The molecule has 1 aliphatic rings. The summed E-state index contributed by atoms with van der Waals surface area (Å²) in [6.45, 7) is 1.17. The molecule has 0 amide bonds. The van der Waals surface area contributed by atoms with Crippen molar-refractivity contribution in [2.24, 2.45) is 4.99 Å². The average Bonchev–Trinajstić information content (AvgIpc) is 3.03. The molecule has 0 spiro atoms. The molecule has 0 aromatic heterocycles. The molecule has 120 valence electrons. The Kier molecular flexibility index (Phi) is 5.97. The number of benzene rings is 2. The Morgan fingerprint density at radius 3 is 2.35 bits per heavy atom. The molecule has 0 saturated heterocycles. The number of hydrogen-bond acceptors (Lipinski definition) is 3. The highest BCUT2D eigenvalue weighted by Gasteiger charge is 2.16. The molecule has 7 heteroatoms. The summed E-state index contributed by atoms with van der Waals surface area (Å²) >= 11 is 21.3. The van der Waals surface area contributed by atoms with Crippen LogP contribution in [0, 0.1) is 0 Å². The van der Waals surface area contributed by atoms with Gasteiger partial charge in [-0.2, -0.15) is 0 Å². The smallest absolute Gasteiger partial charge is 0.148 e. The van der Waals surface area contributed by atoms with Crippen molar-refractivity contribution in [2.75, 3.05) is 12.3 Å². The first kappa shape index (κ1) is 17.6. The minimum absolute atomic E-state index is 0.296. The van der Waals surface area contributed by atoms with Crippen LogP contribution in [0.1, 0.15) is 11.1 Å². The van der Waals surface area contributed by atoms with Gasteiger partial charge in [0.25, 0.3) is 0 Å². The molecular formula is C16H11Br2Cl2NOS. The topological polar surface area (TPSA) is 21.6 Å². The van der Waals surface area contributed by atoms with E-state index >= 15 is 0 Å². The summed E-state index contributed by atoms with van der Waals surface area (Å²) in [5, 5.41) is 2.25. The van der Waals surface area contributed by atoms with Crippen LogP contribution in [-0.2, 0) is 6.61 Å². The number of halogens is 4. The van der Waals surface area contributed by atoms with Crippen LogP contribution in [0.15, 0.2) is 44.3 Å². The highest BCUT2D eigenvalue weighted by Crippen LogP contribution is 2.37. The summed E-state index contributed by atoms with van der Waals surface area (Å²) in [6, 6.07) is 9.45. The van der Waals surface area contributed by atoms with Crippen LogP contribution in [0.4, 0.5) is 0 Å². The fourth-order valence-electron chi connectivity index (χ4n) is 2.15.